The first kappa shape index (κ1) is 23.2. The molecule has 1 aromatic carbocycles. The molecule has 1 atom stereocenters. The molecule has 0 spiro atoms. The van der Waals surface area contributed by atoms with E-state index in [0.717, 1.165) is 18.5 Å². The molecule has 0 amide bonds. The van der Waals surface area contributed by atoms with E-state index in [1.54, 1.807) is 25.4 Å². The lowest BCUT2D eigenvalue weighted by Crippen LogP contribution is -2.41. The standard InChI is InChI=1S/C24H30N4O5/c1-3-16-13-18(32-2)14-20-21(16)24(31)33-23(26-20)19-5-4-7-25-22(19)28-8-6-17(15-28)27(9-11-29)10-12-30/h4-5,7,13-14,17,29-30H,3,6,8-12,15H2,1-2H3/t17-/m1/s1. The fourth-order valence-corrected chi connectivity index (χ4v) is 4.55. The van der Waals surface area contributed by atoms with Crippen molar-refractivity contribution in [2.45, 2.75) is 25.8 Å². The zero-order valence-corrected chi connectivity index (χ0v) is 19.0. The molecule has 176 valence electrons. The number of aliphatic hydroxyl groups is 2. The SMILES string of the molecule is CCc1cc(OC)cc2nc(-c3cccnc3N3CC[C@@H](N(CCO)CCO)C3)oc(=O)c12. The highest BCUT2D eigenvalue weighted by Crippen LogP contribution is 2.32. The van der Waals surface area contributed by atoms with Gasteiger partial charge in [-0.3, -0.25) is 4.90 Å². The van der Waals surface area contributed by atoms with Gasteiger partial charge >= 0.3 is 5.63 Å². The van der Waals surface area contributed by atoms with Crippen molar-refractivity contribution < 1.29 is 19.4 Å². The highest BCUT2D eigenvalue weighted by molar-refractivity contribution is 5.84. The van der Waals surface area contributed by atoms with Crippen LogP contribution in [0.15, 0.2) is 39.7 Å². The van der Waals surface area contributed by atoms with Gasteiger partial charge in [-0.05, 0) is 36.6 Å². The van der Waals surface area contributed by atoms with Gasteiger partial charge in [0, 0.05) is 44.5 Å². The van der Waals surface area contributed by atoms with Gasteiger partial charge in [-0.25, -0.2) is 14.8 Å². The summed E-state index contributed by atoms with van der Waals surface area (Å²) in [5.74, 6) is 1.56. The first-order valence-electron chi connectivity index (χ1n) is 11.3. The van der Waals surface area contributed by atoms with E-state index in [1.165, 1.54) is 0 Å². The zero-order valence-electron chi connectivity index (χ0n) is 19.0. The van der Waals surface area contributed by atoms with Crippen molar-refractivity contribution >= 4 is 16.7 Å². The molecule has 9 nitrogen and oxygen atoms in total. The van der Waals surface area contributed by atoms with E-state index in [4.69, 9.17) is 9.15 Å². The van der Waals surface area contributed by atoms with Crippen LogP contribution in [0, 0.1) is 0 Å². The number of fused-ring (bicyclic) bond motifs is 1. The predicted molar refractivity (Wildman–Crippen MR) is 126 cm³/mol. The van der Waals surface area contributed by atoms with Crippen LogP contribution in [0.1, 0.15) is 18.9 Å². The second kappa shape index (κ2) is 10.3. The number of nitrogens with zero attached hydrogens (tertiary/aromatic N) is 4. The molecule has 0 radical (unpaired) electrons. The third-order valence-corrected chi connectivity index (χ3v) is 6.18. The summed E-state index contributed by atoms with van der Waals surface area (Å²) in [6.07, 6.45) is 3.25. The lowest BCUT2D eigenvalue weighted by atomic mass is 10.1. The summed E-state index contributed by atoms with van der Waals surface area (Å²) in [5, 5.41) is 19.2. The van der Waals surface area contributed by atoms with Crippen LogP contribution in [0.2, 0.25) is 0 Å². The minimum Gasteiger partial charge on any atom is -0.497 e. The molecule has 0 saturated carbocycles. The molecule has 33 heavy (non-hydrogen) atoms. The number of methoxy groups -OCH3 is 1. The van der Waals surface area contributed by atoms with Gasteiger partial charge in [0.1, 0.15) is 11.6 Å². The molecular weight excluding hydrogens is 424 g/mol. The van der Waals surface area contributed by atoms with Gasteiger partial charge < -0.3 is 24.3 Å². The van der Waals surface area contributed by atoms with Gasteiger partial charge in [-0.15, -0.1) is 0 Å². The van der Waals surface area contributed by atoms with E-state index in [-0.39, 0.29) is 25.1 Å². The Hall–Kier alpha value is -3.01. The number of ether oxygens (including phenoxy) is 1. The average molecular weight is 455 g/mol. The van der Waals surface area contributed by atoms with Gasteiger partial charge in [0.05, 0.1) is 36.8 Å². The van der Waals surface area contributed by atoms with Gasteiger partial charge in [-0.2, -0.15) is 0 Å². The molecule has 1 aliphatic heterocycles. The van der Waals surface area contributed by atoms with Crippen LogP contribution in [0.5, 0.6) is 5.75 Å². The van der Waals surface area contributed by atoms with Crippen LogP contribution in [-0.2, 0) is 6.42 Å². The van der Waals surface area contributed by atoms with E-state index in [9.17, 15) is 15.0 Å². The Bertz CT molecular complexity index is 1160. The van der Waals surface area contributed by atoms with Crippen molar-refractivity contribution in [2.24, 2.45) is 0 Å². The number of hydrogen-bond acceptors (Lipinski definition) is 9. The molecule has 1 saturated heterocycles. The first-order chi connectivity index (χ1) is 16.1. The highest BCUT2D eigenvalue weighted by Gasteiger charge is 2.30. The van der Waals surface area contributed by atoms with E-state index in [0.29, 0.717) is 54.1 Å². The number of anilines is 1. The van der Waals surface area contributed by atoms with Gasteiger partial charge in [0.15, 0.2) is 0 Å². The smallest absolute Gasteiger partial charge is 0.347 e. The van der Waals surface area contributed by atoms with Gasteiger partial charge in [0.25, 0.3) is 0 Å². The number of hydrogen-bond donors (Lipinski definition) is 2. The van der Waals surface area contributed by atoms with E-state index in [2.05, 4.69) is 19.8 Å². The van der Waals surface area contributed by atoms with Crippen LogP contribution in [0.4, 0.5) is 5.82 Å². The summed E-state index contributed by atoms with van der Waals surface area (Å²) < 4.78 is 11.1. The van der Waals surface area contributed by atoms with Gasteiger partial charge in [0.2, 0.25) is 5.89 Å². The Balaban J connectivity index is 1.72. The van der Waals surface area contributed by atoms with Crippen LogP contribution >= 0.6 is 0 Å². The Morgan fingerprint density at radius 1 is 1.27 bits per heavy atom. The number of pyridine rings is 1. The third-order valence-electron chi connectivity index (χ3n) is 6.18. The zero-order chi connectivity index (χ0) is 23.4. The van der Waals surface area contributed by atoms with Crippen molar-refractivity contribution in [1.82, 2.24) is 14.9 Å². The molecule has 1 aliphatic rings. The second-order valence-electron chi connectivity index (χ2n) is 8.09. The quantitative estimate of drug-likeness (QED) is 0.499. The summed E-state index contributed by atoms with van der Waals surface area (Å²) in [5.41, 5.74) is 1.58. The third kappa shape index (κ3) is 4.71. The van der Waals surface area contributed by atoms with Crippen molar-refractivity contribution in [1.29, 1.82) is 0 Å². The maximum atomic E-state index is 12.9. The van der Waals surface area contributed by atoms with Crippen LogP contribution < -0.4 is 15.3 Å². The Morgan fingerprint density at radius 3 is 2.76 bits per heavy atom. The molecule has 0 bridgehead atoms. The maximum absolute atomic E-state index is 12.9. The Kier molecular flexibility index (Phi) is 7.22. The number of aromatic nitrogens is 2. The lowest BCUT2D eigenvalue weighted by molar-refractivity contribution is 0.129. The molecule has 2 aromatic heterocycles. The van der Waals surface area contributed by atoms with Crippen molar-refractivity contribution in [2.75, 3.05) is 51.4 Å². The minimum absolute atomic E-state index is 0.0424. The number of aliphatic hydroxyl groups excluding tert-OH is 2. The van der Waals surface area contributed by atoms with Crippen LogP contribution in [0.3, 0.4) is 0 Å². The van der Waals surface area contributed by atoms with Gasteiger partial charge in [-0.1, -0.05) is 6.92 Å². The summed E-state index contributed by atoms with van der Waals surface area (Å²) in [6.45, 7) is 4.53. The minimum atomic E-state index is -0.430. The number of rotatable bonds is 9. The van der Waals surface area contributed by atoms with Crippen molar-refractivity contribution in [3.05, 3.63) is 46.4 Å². The maximum Gasteiger partial charge on any atom is 0.347 e. The fourth-order valence-electron chi connectivity index (χ4n) is 4.55. The van der Waals surface area contributed by atoms with E-state index >= 15 is 0 Å². The molecule has 1 fully saturated rings. The largest absolute Gasteiger partial charge is 0.497 e. The molecule has 0 unspecified atom stereocenters. The van der Waals surface area contributed by atoms with Crippen LogP contribution in [0.25, 0.3) is 22.4 Å². The fraction of sp³-hybridized carbons (Fsp3) is 0.458. The normalized spacial score (nSPS) is 16.2. The first-order valence-corrected chi connectivity index (χ1v) is 11.3. The summed E-state index contributed by atoms with van der Waals surface area (Å²) in [4.78, 5) is 26.4. The van der Waals surface area contributed by atoms with Crippen molar-refractivity contribution in [3.8, 4) is 17.2 Å². The van der Waals surface area contributed by atoms with E-state index in [1.807, 2.05) is 19.1 Å². The summed E-state index contributed by atoms with van der Waals surface area (Å²) in [6, 6.07) is 7.42. The number of benzene rings is 1. The number of aryl methyl sites for hydroxylation is 1. The Morgan fingerprint density at radius 2 is 2.06 bits per heavy atom. The molecule has 2 N–H and O–H groups in total. The molecule has 3 heterocycles. The highest BCUT2D eigenvalue weighted by atomic mass is 16.5. The second-order valence-corrected chi connectivity index (χ2v) is 8.09. The van der Waals surface area contributed by atoms with E-state index < -0.39 is 5.63 Å². The summed E-state index contributed by atoms with van der Waals surface area (Å²) >= 11 is 0. The lowest BCUT2D eigenvalue weighted by Gasteiger charge is -2.28. The predicted octanol–water partition coefficient (Wildman–Crippen LogP) is 1.69. The average Bonchev–Trinajstić information content (AvgIpc) is 3.33. The molecule has 9 heteroatoms. The summed E-state index contributed by atoms with van der Waals surface area (Å²) in [7, 11) is 1.59. The molecule has 4 rings (SSSR count). The van der Waals surface area contributed by atoms with Crippen LogP contribution in [-0.4, -0.2) is 77.6 Å². The van der Waals surface area contributed by atoms with Crippen molar-refractivity contribution in [3.63, 3.8) is 0 Å². The monoisotopic (exact) mass is 454 g/mol. The topological polar surface area (TPSA) is 112 Å². The molecule has 3 aromatic rings. The Labute approximate surface area is 192 Å². The molecular formula is C24H30N4O5. The molecule has 0 aliphatic carbocycles.